The number of carbonyl (C=O) groups excluding carboxylic acids is 2. The molecule has 0 bridgehead atoms. The van der Waals surface area contributed by atoms with Gasteiger partial charge in [-0.3, -0.25) is 19.1 Å². The predicted molar refractivity (Wildman–Crippen MR) is 125 cm³/mol. The fourth-order valence-corrected chi connectivity index (χ4v) is 3.28. The number of anilines is 2. The summed E-state index contributed by atoms with van der Waals surface area (Å²) in [5.41, 5.74) is 1.55. The van der Waals surface area contributed by atoms with Crippen molar-refractivity contribution in [1.82, 2.24) is 19.6 Å². The molecule has 2 amide bonds. The fraction of sp³-hybridized carbons (Fsp3) is 0.125. The zero-order valence-corrected chi connectivity index (χ0v) is 18.1. The molecule has 0 aliphatic carbocycles. The van der Waals surface area contributed by atoms with Crippen molar-refractivity contribution in [2.75, 3.05) is 10.6 Å². The van der Waals surface area contributed by atoms with Crippen LogP contribution in [0.1, 0.15) is 29.1 Å². The highest BCUT2D eigenvalue weighted by Gasteiger charge is 2.17. The minimum atomic E-state index is -0.641. The lowest BCUT2D eigenvalue weighted by molar-refractivity contribution is -0.119. The van der Waals surface area contributed by atoms with Crippen LogP contribution >= 0.6 is 0 Å². The Morgan fingerprint density at radius 3 is 2.36 bits per heavy atom. The van der Waals surface area contributed by atoms with Crippen molar-refractivity contribution in [1.29, 1.82) is 0 Å². The predicted octanol–water partition coefficient (Wildman–Crippen LogP) is 3.19. The standard InChI is InChI=1S/C24H22N6O3/c1-16-14-21(31)22(28-30(16)20-10-4-3-5-11-20)24(33)27-19-9-6-8-18(15-19)26-23(32)17(2)29-13-7-12-25-29/h3-15,17H,1-2H3,(H,26,32)(H,27,33). The van der Waals surface area contributed by atoms with Crippen molar-refractivity contribution in [2.45, 2.75) is 19.9 Å². The zero-order chi connectivity index (χ0) is 23.4. The number of benzene rings is 2. The minimum Gasteiger partial charge on any atom is -0.324 e. The van der Waals surface area contributed by atoms with Crippen LogP contribution in [0.2, 0.25) is 0 Å². The van der Waals surface area contributed by atoms with Crippen LogP contribution in [-0.2, 0) is 4.79 Å². The quantitative estimate of drug-likeness (QED) is 0.476. The van der Waals surface area contributed by atoms with Crippen LogP contribution < -0.4 is 16.1 Å². The summed E-state index contributed by atoms with van der Waals surface area (Å²) in [5, 5.41) is 13.8. The Kier molecular flexibility index (Phi) is 6.12. The second kappa shape index (κ2) is 9.31. The first kappa shape index (κ1) is 21.7. The molecule has 2 aromatic heterocycles. The van der Waals surface area contributed by atoms with E-state index in [2.05, 4.69) is 20.8 Å². The van der Waals surface area contributed by atoms with E-state index < -0.39 is 17.4 Å². The maximum Gasteiger partial charge on any atom is 0.280 e. The maximum absolute atomic E-state index is 12.8. The van der Waals surface area contributed by atoms with Gasteiger partial charge in [-0.1, -0.05) is 24.3 Å². The van der Waals surface area contributed by atoms with Crippen LogP contribution in [0.4, 0.5) is 11.4 Å². The fourth-order valence-electron chi connectivity index (χ4n) is 3.28. The summed E-state index contributed by atoms with van der Waals surface area (Å²) in [5.74, 6) is -0.897. The second-order valence-corrected chi connectivity index (χ2v) is 7.43. The SMILES string of the molecule is Cc1cc(=O)c(C(=O)Nc2cccc(NC(=O)C(C)n3cccn3)c2)nn1-c1ccccc1. The number of para-hydroxylation sites is 1. The third kappa shape index (κ3) is 4.87. The van der Waals surface area contributed by atoms with E-state index in [9.17, 15) is 14.4 Å². The molecule has 33 heavy (non-hydrogen) atoms. The van der Waals surface area contributed by atoms with Crippen molar-refractivity contribution in [3.8, 4) is 5.69 Å². The van der Waals surface area contributed by atoms with Gasteiger partial charge in [0.2, 0.25) is 11.3 Å². The average molecular weight is 442 g/mol. The third-order valence-corrected chi connectivity index (χ3v) is 5.01. The highest BCUT2D eigenvalue weighted by Crippen LogP contribution is 2.17. The Hall–Kier alpha value is -4.53. The first-order chi connectivity index (χ1) is 15.9. The average Bonchev–Trinajstić information content (AvgIpc) is 3.34. The van der Waals surface area contributed by atoms with Gasteiger partial charge in [-0.05, 0) is 50.2 Å². The van der Waals surface area contributed by atoms with E-state index in [1.807, 2.05) is 30.3 Å². The highest BCUT2D eigenvalue weighted by molar-refractivity contribution is 6.03. The van der Waals surface area contributed by atoms with E-state index >= 15 is 0 Å². The van der Waals surface area contributed by atoms with Gasteiger partial charge < -0.3 is 10.6 Å². The number of hydrogen-bond donors (Lipinski definition) is 2. The minimum absolute atomic E-state index is 0.230. The molecule has 0 radical (unpaired) electrons. The van der Waals surface area contributed by atoms with Gasteiger partial charge in [0.25, 0.3) is 5.91 Å². The van der Waals surface area contributed by atoms with E-state index in [1.165, 1.54) is 6.07 Å². The number of carbonyl (C=O) groups is 2. The normalized spacial score (nSPS) is 11.6. The van der Waals surface area contributed by atoms with Gasteiger partial charge in [0, 0.05) is 35.5 Å². The molecule has 4 rings (SSSR count). The molecule has 1 unspecified atom stereocenters. The van der Waals surface area contributed by atoms with Crippen LogP contribution in [0.15, 0.2) is 83.9 Å². The number of amides is 2. The van der Waals surface area contributed by atoms with Gasteiger partial charge in [0.15, 0.2) is 5.69 Å². The molecule has 2 aromatic carbocycles. The van der Waals surface area contributed by atoms with E-state index in [-0.39, 0.29) is 11.6 Å². The van der Waals surface area contributed by atoms with Gasteiger partial charge in [-0.2, -0.15) is 10.2 Å². The Morgan fingerprint density at radius 2 is 1.67 bits per heavy atom. The largest absolute Gasteiger partial charge is 0.324 e. The molecule has 0 spiro atoms. The first-order valence-electron chi connectivity index (χ1n) is 10.3. The summed E-state index contributed by atoms with van der Waals surface area (Å²) in [4.78, 5) is 37.8. The summed E-state index contributed by atoms with van der Waals surface area (Å²) in [6.07, 6.45) is 3.31. The molecular formula is C24H22N6O3. The molecule has 2 N–H and O–H groups in total. The van der Waals surface area contributed by atoms with Gasteiger partial charge in [0.05, 0.1) is 5.69 Å². The molecule has 0 saturated heterocycles. The molecule has 9 heteroatoms. The molecule has 4 aromatic rings. The topological polar surface area (TPSA) is 111 Å². The molecule has 2 heterocycles. The number of nitrogens with zero attached hydrogens (tertiary/aromatic N) is 4. The van der Waals surface area contributed by atoms with Gasteiger partial charge in [-0.15, -0.1) is 0 Å². The van der Waals surface area contributed by atoms with Gasteiger partial charge in [-0.25, -0.2) is 4.68 Å². The Labute approximate surface area is 189 Å². The molecule has 0 aliphatic heterocycles. The van der Waals surface area contributed by atoms with Crippen LogP contribution in [0.3, 0.4) is 0 Å². The van der Waals surface area contributed by atoms with Gasteiger partial charge in [0.1, 0.15) is 6.04 Å². The van der Waals surface area contributed by atoms with Crippen molar-refractivity contribution in [3.05, 3.63) is 101 Å². The molecule has 9 nitrogen and oxygen atoms in total. The number of nitrogens with one attached hydrogen (secondary N) is 2. The molecule has 0 saturated carbocycles. The van der Waals surface area contributed by atoms with Crippen LogP contribution in [0.25, 0.3) is 5.69 Å². The lowest BCUT2D eigenvalue weighted by Gasteiger charge is -2.14. The third-order valence-electron chi connectivity index (χ3n) is 5.01. The smallest absolute Gasteiger partial charge is 0.280 e. The van der Waals surface area contributed by atoms with Crippen LogP contribution in [0.5, 0.6) is 0 Å². The second-order valence-electron chi connectivity index (χ2n) is 7.43. The van der Waals surface area contributed by atoms with E-state index in [0.29, 0.717) is 17.1 Å². The lowest BCUT2D eigenvalue weighted by Crippen LogP contribution is -2.27. The maximum atomic E-state index is 12.8. The van der Waals surface area contributed by atoms with E-state index in [0.717, 1.165) is 5.69 Å². The van der Waals surface area contributed by atoms with Crippen molar-refractivity contribution < 1.29 is 9.59 Å². The summed E-state index contributed by atoms with van der Waals surface area (Å²) in [6, 6.07) is 18.5. The van der Waals surface area contributed by atoms with E-state index in [1.54, 1.807) is 65.9 Å². The highest BCUT2D eigenvalue weighted by atomic mass is 16.2. The van der Waals surface area contributed by atoms with Crippen molar-refractivity contribution >= 4 is 23.2 Å². The molecule has 0 aliphatic rings. The zero-order valence-electron chi connectivity index (χ0n) is 18.1. The number of hydrogen-bond acceptors (Lipinski definition) is 5. The Morgan fingerprint density at radius 1 is 0.939 bits per heavy atom. The Bertz CT molecular complexity index is 1350. The number of aromatic nitrogens is 4. The monoisotopic (exact) mass is 442 g/mol. The van der Waals surface area contributed by atoms with E-state index in [4.69, 9.17) is 0 Å². The van der Waals surface area contributed by atoms with Gasteiger partial charge >= 0.3 is 0 Å². The van der Waals surface area contributed by atoms with Crippen molar-refractivity contribution in [2.24, 2.45) is 0 Å². The molecule has 166 valence electrons. The van der Waals surface area contributed by atoms with Crippen molar-refractivity contribution in [3.63, 3.8) is 0 Å². The van der Waals surface area contributed by atoms with Crippen LogP contribution in [-0.4, -0.2) is 31.4 Å². The molecular weight excluding hydrogens is 420 g/mol. The Balaban J connectivity index is 1.52. The summed E-state index contributed by atoms with van der Waals surface area (Å²) in [7, 11) is 0. The summed E-state index contributed by atoms with van der Waals surface area (Å²) in [6.45, 7) is 3.48. The van der Waals surface area contributed by atoms with Crippen LogP contribution in [0, 0.1) is 6.92 Å². The molecule has 1 atom stereocenters. The first-order valence-corrected chi connectivity index (χ1v) is 10.3. The number of aryl methyl sites for hydroxylation is 1. The summed E-state index contributed by atoms with van der Waals surface area (Å²) < 4.78 is 3.09. The number of rotatable bonds is 6. The lowest BCUT2D eigenvalue weighted by atomic mass is 10.2. The summed E-state index contributed by atoms with van der Waals surface area (Å²) >= 11 is 0. The molecule has 0 fully saturated rings.